The van der Waals surface area contributed by atoms with Crippen molar-refractivity contribution in [1.29, 1.82) is 0 Å². The molecule has 0 spiro atoms. The molecule has 1 aliphatic heterocycles. The van der Waals surface area contributed by atoms with Crippen LogP contribution in [0.1, 0.15) is 19.4 Å². The van der Waals surface area contributed by atoms with Crippen molar-refractivity contribution in [2.75, 3.05) is 6.79 Å². The van der Waals surface area contributed by atoms with Crippen LogP contribution in [0.15, 0.2) is 47.4 Å². The minimum absolute atomic E-state index is 0.00854. The monoisotopic (exact) mass is 424 g/mol. The summed E-state index contributed by atoms with van der Waals surface area (Å²) in [5.41, 5.74) is 0.817. The largest absolute Gasteiger partial charge is 0.454 e. The van der Waals surface area contributed by atoms with Crippen LogP contribution in [-0.2, 0) is 21.4 Å². The molecule has 0 saturated carbocycles. The molecule has 1 heterocycles. The van der Waals surface area contributed by atoms with Crippen LogP contribution in [0.2, 0.25) is 5.02 Å². The van der Waals surface area contributed by atoms with Gasteiger partial charge in [-0.3, -0.25) is 4.79 Å². The van der Waals surface area contributed by atoms with Crippen LogP contribution in [-0.4, -0.2) is 27.2 Å². The number of amides is 1. The van der Waals surface area contributed by atoms with Crippen molar-refractivity contribution in [3.8, 4) is 11.5 Å². The van der Waals surface area contributed by atoms with E-state index in [4.69, 9.17) is 21.1 Å². The molecule has 0 saturated heterocycles. The normalized spacial score (nSPS) is 14.1. The molecule has 0 unspecified atom stereocenters. The fraction of sp³-hybridized carbons (Fsp3) is 0.316. The number of rotatable bonds is 7. The molecular formula is C19H21ClN2O5S. The van der Waals surface area contributed by atoms with E-state index in [-0.39, 0.29) is 24.2 Å². The van der Waals surface area contributed by atoms with Crippen molar-refractivity contribution >= 4 is 27.5 Å². The van der Waals surface area contributed by atoms with E-state index in [0.29, 0.717) is 16.5 Å². The first-order valence-corrected chi connectivity index (χ1v) is 10.6. The Labute approximate surface area is 169 Å². The van der Waals surface area contributed by atoms with Crippen LogP contribution in [0.3, 0.4) is 0 Å². The van der Waals surface area contributed by atoms with E-state index >= 15 is 0 Å². The van der Waals surface area contributed by atoms with E-state index < -0.39 is 22.0 Å². The average Bonchev–Trinajstić information content (AvgIpc) is 3.12. The predicted octanol–water partition coefficient (Wildman–Crippen LogP) is 2.69. The van der Waals surface area contributed by atoms with Gasteiger partial charge in [-0.2, -0.15) is 4.72 Å². The number of sulfonamides is 1. The first-order valence-electron chi connectivity index (χ1n) is 8.70. The lowest BCUT2D eigenvalue weighted by atomic mass is 10.0. The molecule has 2 N–H and O–H groups in total. The van der Waals surface area contributed by atoms with Gasteiger partial charge >= 0.3 is 0 Å². The van der Waals surface area contributed by atoms with Gasteiger partial charge in [-0.1, -0.05) is 37.6 Å². The van der Waals surface area contributed by atoms with Crippen molar-refractivity contribution in [2.24, 2.45) is 5.92 Å². The maximum absolute atomic E-state index is 12.6. The number of fused-ring (bicyclic) bond motifs is 1. The standard InChI is InChI=1S/C19H21ClN2O5S/c1-12(2)18(22-28(24,25)15-5-3-4-14(20)9-15)19(23)21-10-13-6-7-16-17(8-13)27-11-26-16/h3-9,12,18,22H,10-11H2,1-2H3,(H,21,23)/t18-/m0/s1. The van der Waals surface area contributed by atoms with Gasteiger partial charge < -0.3 is 14.8 Å². The third kappa shape index (κ3) is 4.76. The fourth-order valence-corrected chi connectivity index (χ4v) is 4.36. The molecule has 0 fully saturated rings. The highest BCUT2D eigenvalue weighted by atomic mass is 35.5. The van der Waals surface area contributed by atoms with Gasteiger partial charge in [-0.05, 0) is 41.8 Å². The molecule has 2 aromatic carbocycles. The Kier molecular flexibility index (Phi) is 6.12. The van der Waals surface area contributed by atoms with Crippen molar-refractivity contribution in [3.05, 3.63) is 53.1 Å². The molecule has 0 radical (unpaired) electrons. The van der Waals surface area contributed by atoms with E-state index in [1.165, 1.54) is 12.1 Å². The van der Waals surface area contributed by atoms with Gasteiger partial charge in [0.2, 0.25) is 22.7 Å². The summed E-state index contributed by atoms with van der Waals surface area (Å²) >= 11 is 5.88. The van der Waals surface area contributed by atoms with Crippen LogP contribution in [0.25, 0.3) is 0 Å². The molecule has 1 atom stereocenters. The maximum Gasteiger partial charge on any atom is 0.241 e. The number of halogens is 1. The van der Waals surface area contributed by atoms with Crippen LogP contribution in [0.5, 0.6) is 11.5 Å². The number of carbonyl (C=O) groups excluding carboxylic acids is 1. The summed E-state index contributed by atoms with van der Waals surface area (Å²) in [6, 6.07) is 10.3. The molecule has 0 bridgehead atoms. The number of carbonyl (C=O) groups is 1. The molecule has 28 heavy (non-hydrogen) atoms. The van der Waals surface area contributed by atoms with Gasteiger partial charge in [-0.15, -0.1) is 0 Å². The highest BCUT2D eigenvalue weighted by Crippen LogP contribution is 2.32. The lowest BCUT2D eigenvalue weighted by Crippen LogP contribution is -2.49. The van der Waals surface area contributed by atoms with Crippen LogP contribution < -0.4 is 19.5 Å². The molecule has 1 amide bonds. The quantitative estimate of drug-likeness (QED) is 0.712. The third-order valence-electron chi connectivity index (χ3n) is 4.24. The van der Waals surface area contributed by atoms with Gasteiger partial charge in [0.05, 0.1) is 4.90 Å². The summed E-state index contributed by atoms with van der Waals surface area (Å²) < 4.78 is 38.3. The Hall–Kier alpha value is -2.29. The van der Waals surface area contributed by atoms with E-state index in [1.807, 2.05) is 6.07 Å². The Bertz CT molecular complexity index is 978. The third-order valence-corrected chi connectivity index (χ3v) is 5.92. The van der Waals surface area contributed by atoms with Crippen molar-refractivity contribution in [1.82, 2.24) is 10.0 Å². The zero-order chi connectivity index (χ0) is 20.3. The van der Waals surface area contributed by atoms with Gasteiger partial charge in [0, 0.05) is 11.6 Å². The van der Waals surface area contributed by atoms with E-state index in [2.05, 4.69) is 10.0 Å². The smallest absolute Gasteiger partial charge is 0.241 e. The number of hydrogen-bond acceptors (Lipinski definition) is 5. The zero-order valence-electron chi connectivity index (χ0n) is 15.4. The summed E-state index contributed by atoms with van der Waals surface area (Å²) in [6.45, 7) is 3.94. The van der Waals surface area contributed by atoms with Crippen LogP contribution in [0, 0.1) is 5.92 Å². The Balaban J connectivity index is 1.68. The summed E-state index contributed by atoms with van der Waals surface area (Å²) in [7, 11) is -3.89. The molecule has 1 aliphatic rings. The van der Waals surface area contributed by atoms with Gasteiger partial charge in [0.1, 0.15) is 6.04 Å². The second-order valence-electron chi connectivity index (χ2n) is 6.71. The first kappa shape index (κ1) is 20.4. The highest BCUT2D eigenvalue weighted by Gasteiger charge is 2.28. The Morgan fingerprint density at radius 3 is 2.61 bits per heavy atom. The zero-order valence-corrected chi connectivity index (χ0v) is 17.0. The number of benzene rings is 2. The molecule has 9 heteroatoms. The van der Waals surface area contributed by atoms with E-state index in [9.17, 15) is 13.2 Å². The minimum atomic E-state index is -3.89. The van der Waals surface area contributed by atoms with Gasteiger partial charge in [0.15, 0.2) is 11.5 Å². The molecule has 0 aliphatic carbocycles. The predicted molar refractivity (Wildman–Crippen MR) is 105 cm³/mol. The van der Waals surface area contributed by atoms with Crippen molar-refractivity contribution in [3.63, 3.8) is 0 Å². The van der Waals surface area contributed by atoms with E-state index in [1.54, 1.807) is 38.1 Å². The summed E-state index contributed by atoms with van der Waals surface area (Å²) in [6.07, 6.45) is 0. The van der Waals surface area contributed by atoms with Gasteiger partial charge in [-0.25, -0.2) is 8.42 Å². The summed E-state index contributed by atoms with van der Waals surface area (Å²) in [5.74, 6) is 0.599. The summed E-state index contributed by atoms with van der Waals surface area (Å²) in [5, 5.41) is 3.07. The maximum atomic E-state index is 12.6. The van der Waals surface area contributed by atoms with Crippen LogP contribution >= 0.6 is 11.6 Å². The topological polar surface area (TPSA) is 93.7 Å². The number of nitrogens with one attached hydrogen (secondary N) is 2. The lowest BCUT2D eigenvalue weighted by Gasteiger charge is -2.21. The average molecular weight is 425 g/mol. The van der Waals surface area contributed by atoms with E-state index in [0.717, 1.165) is 5.56 Å². The minimum Gasteiger partial charge on any atom is -0.454 e. The number of hydrogen-bond donors (Lipinski definition) is 2. The fourth-order valence-electron chi connectivity index (χ4n) is 2.71. The molecule has 3 rings (SSSR count). The molecular weight excluding hydrogens is 404 g/mol. The van der Waals surface area contributed by atoms with Gasteiger partial charge in [0.25, 0.3) is 0 Å². The second-order valence-corrected chi connectivity index (χ2v) is 8.86. The van der Waals surface area contributed by atoms with Crippen LogP contribution in [0.4, 0.5) is 0 Å². The molecule has 0 aromatic heterocycles. The molecule has 2 aromatic rings. The highest BCUT2D eigenvalue weighted by molar-refractivity contribution is 7.89. The van der Waals surface area contributed by atoms with Crippen molar-refractivity contribution in [2.45, 2.75) is 31.3 Å². The SMILES string of the molecule is CC(C)[C@H](NS(=O)(=O)c1cccc(Cl)c1)C(=O)NCc1ccc2c(c1)OCO2. The Morgan fingerprint density at radius 1 is 1.14 bits per heavy atom. The molecule has 7 nitrogen and oxygen atoms in total. The summed E-state index contributed by atoms with van der Waals surface area (Å²) in [4.78, 5) is 12.7. The lowest BCUT2D eigenvalue weighted by molar-refractivity contribution is -0.123. The Morgan fingerprint density at radius 2 is 1.89 bits per heavy atom. The first-order chi connectivity index (χ1) is 13.3. The number of ether oxygens (including phenoxy) is 2. The molecule has 150 valence electrons. The second kappa shape index (κ2) is 8.38. The van der Waals surface area contributed by atoms with Crippen molar-refractivity contribution < 1.29 is 22.7 Å².